The van der Waals surface area contributed by atoms with Crippen molar-refractivity contribution in [3.05, 3.63) is 36.0 Å². The van der Waals surface area contributed by atoms with E-state index < -0.39 is 12.1 Å². The van der Waals surface area contributed by atoms with Crippen molar-refractivity contribution in [1.29, 1.82) is 0 Å². The number of carbonyl (C=O) groups is 1. The second kappa shape index (κ2) is 3.98. The van der Waals surface area contributed by atoms with Crippen LogP contribution in [0.15, 0.2) is 30.3 Å². The van der Waals surface area contributed by atoms with E-state index >= 15 is 0 Å². The Morgan fingerprint density at radius 3 is 2.75 bits per heavy atom. The third-order valence-corrected chi connectivity index (χ3v) is 2.74. The van der Waals surface area contributed by atoms with Gasteiger partial charge >= 0.3 is 5.97 Å². The van der Waals surface area contributed by atoms with Crippen LogP contribution in [-0.2, 0) is 18.3 Å². The van der Waals surface area contributed by atoms with Crippen molar-refractivity contribution in [3.8, 4) is 0 Å². The molecule has 0 fully saturated rings. The van der Waals surface area contributed by atoms with Gasteiger partial charge in [-0.1, -0.05) is 18.2 Å². The minimum absolute atomic E-state index is 0.126. The van der Waals surface area contributed by atoms with Gasteiger partial charge in [0.05, 0.1) is 0 Å². The highest BCUT2D eigenvalue weighted by atomic mass is 16.4. The van der Waals surface area contributed by atoms with Crippen molar-refractivity contribution in [2.45, 2.75) is 12.5 Å². The molecule has 1 unspecified atom stereocenters. The van der Waals surface area contributed by atoms with E-state index in [1.165, 1.54) is 0 Å². The van der Waals surface area contributed by atoms with Gasteiger partial charge in [0, 0.05) is 24.7 Å². The first-order chi connectivity index (χ1) is 7.59. The zero-order chi connectivity index (χ0) is 11.7. The summed E-state index contributed by atoms with van der Waals surface area (Å²) in [5, 5.41) is 19.0. The molecule has 1 heterocycles. The number of fused-ring (bicyclic) bond motifs is 1. The summed E-state index contributed by atoms with van der Waals surface area (Å²) >= 11 is 0. The van der Waals surface area contributed by atoms with Gasteiger partial charge in [0.25, 0.3) is 0 Å². The summed E-state index contributed by atoms with van der Waals surface area (Å²) in [5.41, 5.74) is 1.85. The predicted octanol–water partition coefficient (Wildman–Crippen LogP) is 1.17. The third-order valence-electron chi connectivity index (χ3n) is 2.74. The van der Waals surface area contributed by atoms with Gasteiger partial charge in [-0.2, -0.15) is 0 Å². The molecular weight excluding hydrogens is 206 g/mol. The second-order valence-corrected chi connectivity index (χ2v) is 3.81. The molecule has 0 spiro atoms. The maximum absolute atomic E-state index is 10.6. The molecule has 0 saturated carbocycles. The van der Waals surface area contributed by atoms with Gasteiger partial charge < -0.3 is 14.8 Å². The van der Waals surface area contributed by atoms with Gasteiger partial charge in [0.2, 0.25) is 0 Å². The Morgan fingerprint density at radius 1 is 1.44 bits per heavy atom. The number of aliphatic hydroxyl groups excluding tert-OH is 1. The molecule has 2 rings (SSSR count). The number of aromatic nitrogens is 1. The molecule has 0 saturated heterocycles. The zero-order valence-electron chi connectivity index (χ0n) is 8.92. The van der Waals surface area contributed by atoms with Crippen LogP contribution >= 0.6 is 0 Å². The zero-order valence-corrected chi connectivity index (χ0v) is 8.92. The van der Waals surface area contributed by atoms with Gasteiger partial charge in [-0.3, -0.25) is 0 Å². The third kappa shape index (κ3) is 1.79. The largest absolute Gasteiger partial charge is 0.479 e. The molecule has 4 heteroatoms. The van der Waals surface area contributed by atoms with Crippen molar-refractivity contribution in [2.24, 2.45) is 7.05 Å². The summed E-state index contributed by atoms with van der Waals surface area (Å²) in [7, 11) is 1.87. The summed E-state index contributed by atoms with van der Waals surface area (Å²) in [6.45, 7) is 0. The summed E-state index contributed by atoms with van der Waals surface area (Å²) < 4.78 is 1.90. The number of para-hydroxylation sites is 1. The molecule has 0 aliphatic carbocycles. The molecular formula is C12H13NO3. The SMILES string of the molecule is Cn1c(CC(O)C(=O)O)cc2ccccc21. The maximum Gasteiger partial charge on any atom is 0.332 e. The molecule has 4 nitrogen and oxygen atoms in total. The van der Waals surface area contributed by atoms with Gasteiger partial charge in [-0.15, -0.1) is 0 Å². The molecule has 1 atom stereocenters. The van der Waals surface area contributed by atoms with E-state index in [1.807, 2.05) is 41.9 Å². The number of aliphatic hydroxyl groups is 1. The molecule has 0 amide bonds. The van der Waals surface area contributed by atoms with Crippen LogP contribution in [0.1, 0.15) is 5.69 Å². The fraction of sp³-hybridized carbons (Fsp3) is 0.250. The van der Waals surface area contributed by atoms with E-state index in [0.29, 0.717) is 0 Å². The van der Waals surface area contributed by atoms with E-state index in [0.717, 1.165) is 16.6 Å². The Bertz CT molecular complexity index is 530. The number of rotatable bonds is 3. The van der Waals surface area contributed by atoms with Crippen LogP contribution in [0.5, 0.6) is 0 Å². The van der Waals surface area contributed by atoms with Crippen molar-refractivity contribution in [2.75, 3.05) is 0 Å². The minimum Gasteiger partial charge on any atom is -0.479 e. The lowest BCUT2D eigenvalue weighted by Crippen LogP contribution is -2.23. The molecule has 84 valence electrons. The van der Waals surface area contributed by atoms with Crippen LogP contribution in [0, 0.1) is 0 Å². The molecule has 1 aromatic carbocycles. The molecule has 0 aliphatic heterocycles. The Morgan fingerprint density at radius 2 is 2.12 bits per heavy atom. The van der Waals surface area contributed by atoms with E-state index in [4.69, 9.17) is 5.11 Å². The Labute approximate surface area is 92.7 Å². The number of hydrogen-bond donors (Lipinski definition) is 2. The van der Waals surface area contributed by atoms with E-state index in [1.54, 1.807) is 0 Å². The van der Waals surface area contributed by atoms with Crippen LogP contribution in [0.2, 0.25) is 0 Å². The van der Waals surface area contributed by atoms with Crippen molar-refractivity contribution in [3.63, 3.8) is 0 Å². The predicted molar refractivity (Wildman–Crippen MR) is 60.3 cm³/mol. The summed E-state index contributed by atoms with van der Waals surface area (Å²) in [6, 6.07) is 9.69. The summed E-state index contributed by atoms with van der Waals surface area (Å²) in [5.74, 6) is -1.19. The van der Waals surface area contributed by atoms with Crippen LogP contribution in [0.3, 0.4) is 0 Å². The quantitative estimate of drug-likeness (QED) is 0.814. The molecule has 0 bridgehead atoms. The number of nitrogens with zero attached hydrogens (tertiary/aromatic N) is 1. The number of aryl methyl sites for hydroxylation is 1. The smallest absolute Gasteiger partial charge is 0.332 e. The maximum atomic E-state index is 10.6. The lowest BCUT2D eigenvalue weighted by atomic mass is 10.2. The highest BCUT2D eigenvalue weighted by molar-refractivity contribution is 5.81. The summed E-state index contributed by atoms with van der Waals surface area (Å²) in [6.07, 6.45) is -1.22. The van der Waals surface area contributed by atoms with Gasteiger partial charge in [-0.25, -0.2) is 4.79 Å². The average molecular weight is 219 g/mol. The van der Waals surface area contributed by atoms with Crippen LogP contribution in [-0.4, -0.2) is 26.9 Å². The first kappa shape index (κ1) is 10.7. The van der Waals surface area contributed by atoms with E-state index in [2.05, 4.69) is 0 Å². The monoisotopic (exact) mass is 219 g/mol. The lowest BCUT2D eigenvalue weighted by molar-refractivity contribution is -0.146. The topological polar surface area (TPSA) is 62.5 Å². The van der Waals surface area contributed by atoms with Gasteiger partial charge in [0.15, 0.2) is 6.10 Å². The van der Waals surface area contributed by atoms with Crippen LogP contribution in [0.25, 0.3) is 10.9 Å². The fourth-order valence-electron chi connectivity index (χ4n) is 1.83. The normalized spacial score (nSPS) is 12.9. The fourth-order valence-corrected chi connectivity index (χ4v) is 1.83. The summed E-state index contributed by atoms with van der Waals surface area (Å²) in [4.78, 5) is 10.6. The molecule has 0 aliphatic rings. The van der Waals surface area contributed by atoms with Crippen molar-refractivity contribution >= 4 is 16.9 Å². The highest BCUT2D eigenvalue weighted by Crippen LogP contribution is 2.19. The van der Waals surface area contributed by atoms with Crippen molar-refractivity contribution in [1.82, 2.24) is 4.57 Å². The molecule has 0 radical (unpaired) electrons. The number of aliphatic carboxylic acids is 1. The Kier molecular flexibility index (Phi) is 2.66. The standard InChI is InChI=1S/C12H13NO3/c1-13-9(7-11(14)12(15)16)6-8-4-2-3-5-10(8)13/h2-6,11,14H,7H2,1H3,(H,15,16). The lowest BCUT2D eigenvalue weighted by Gasteiger charge is -2.06. The Balaban J connectivity index is 2.38. The average Bonchev–Trinajstić information content (AvgIpc) is 2.56. The number of carboxylic acid groups (broad SMARTS) is 1. The highest BCUT2D eigenvalue weighted by Gasteiger charge is 2.16. The first-order valence-corrected chi connectivity index (χ1v) is 5.04. The molecule has 2 aromatic rings. The van der Waals surface area contributed by atoms with E-state index in [9.17, 15) is 9.90 Å². The number of carboxylic acids is 1. The molecule has 16 heavy (non-hydrogen) atoms. The van der Waals surface area contributed by atoms with Gasteiger partial charge in [0.1, 0.15) is 0 Å². The Hall–Kier alpha value is -1.81. The van der Waals surface area contributed by atoms with Crippen LogP contribution in [0.4, 0.5) is 0 Å². The van der Waals surface area contributed by atoms with Crippen LogP contribution < -0.4 is 0 Å². The van der Waals surface area contributed by atoms with Gasteiger partial charge in [-0.05, 0) is 17.5 Å². The van der Waals surface area contributed by atoms with E-state index in [-0.39, 0.29) is 6.42 Å². The minimum atomic E-state index is -1.34. The number of hydrogen-bond acceptors (Lipinski definition) is 2. The first-order valence-electron chi connectivity index (χ1n) is 5.04. The molecule has 2 N–H and O–H groups in total. The molecule has 1 aromatic heterocycles. The van der Waals surface area contributed by atoms with Crippen molar-refractivity contribution < 1.29 is 15.0 Å². The second-order valence-electron chi connectivity index (χ2n) is 3.81. The number of benzene rings is 1.